The maximum absolute atomic E-state index is 13.6. The molecular formula is C13H18FNO3. The van der Waals surface area contributed by atoms with E-state index in [1.54, 1.807) is 0 Å². The first kappa shape index (κ1) is 14.4. The molecule has 0 fully saturated rings. The number of hydrogen-bond donors (Lipinski definition) is 1. The minimum absolute atomic E-state index is 0.0488. The van der Waals surface area contributed by atoms with Gasteiger partial charge in [0.25, 0.3) is 0 Å². The number of benzene rings is 1. The monoisotopic (exact) mass is 255 g/mol. The molecule has 0 saturated heterocycles. The van der Waals surface area contributed by atoms with Crippen molar-refractivity contribution in [2.45, 2.75) is 19.9 Å². The van der Waals surface area contributed by atoms with Crippen LogP contribution in [-0.2, 0) is 9.47 Å². The molecule has 1 unspecified atom stereocenters. The van der Waals surface area contributed by atoms with E-state index in [1.807, 2.05) is 13.8 Å². The summed E-state index contributed by atoms with van der Waals surface area (Å²) >= 11 is 0. The Morgan fingerprint density at radius 3 is 2.83 bits per heavy atom. The summed E-state index contributed by atoms with van der Waals surface area (Å²) in [6.07, 6.45) is 0. The van der Waals surface area contributed by atoms with Gasteiger partial charge in [-0.2, -0.15) is 0 Å². The average molecular weight is 255 g/mol. The highest BCUT2D eigenvalue weighted by Crippen LogP contribution is 2.17. The van der Waals surface area contributed by atoms with Crippen LogP contribution in [0.5, 0.6) is 0 Å². The topological polar surface area (TPSA) is 47.6 Å². The molecule has 0 radical (unpaired) electrons. The fourth-order valence-corrected chi connectivity index (χ4v) is 1.48. The van der Waals surface area contributed by atoms with Crippen LogP contribution < -0.4 is 5.32 Å². The Balaban J connectivity index is 2.77. The zero-order valence-electron chi connectivity index (χ0n) is 10.8. The summed E-state index contributed by atoms with van der Waals surface area (Å²) in [6.45, 7) is 4.85. The van der Waals surface area contributed by atoms with E-state index in [1.165, 1.54) is 25.3 Å². The Bertz CT molecular complexity index is 409. The second-order valence-corrected chi connectivity index (χ2v) is 3.89. The van der Waals surface area contributed by atoms with Gasteiger partial charge < -0.3 is 14.8 Å². The number of hydrogen-bond acceptors (Lipinski definition) is 4. The lowest BCUT2D eigenvalue weighted by atomic mass is 10.2. The third kappa shape index (κ3) is 4.00. The molecule has 1 rings (SSSR count). The number of nitrogens with one attached hydrogen (secondary N) is 1. The standard InChI is InChI=1S/C13H18FNO3/c1-4-18-8-9(2)15-12-7-10(13(16)17-3)5-6-11(12)14/h5-7,9,15H,4,8H2,1-3H3. The molecule has 1 aromatic rings. The number of esters is 1. The summed E-state index contributed by atoms with van der Waals surface area (Å²) in [5.41, 5.74) is 0.579. The van der Waals surface area contributed by atoms with Crippen molar-refractivity contribution in [2.75, 3.05) is 25.6 Å². The van der Waals surface area contributed by atoms with E-state index in [-0.39, 0.29) is 11.7 Å². The molecule has 0 amide bonds. The minimum Gasteiger partial charge on any atom is -0.465 e. The summed E-state index contributed by atoms with van der Waals surface area (Å²) < 4.78 is 23.4. The predicted molar refractivity (Wildman–Crippen MR) is 67.3 cm³/mol. The highest BCUT2D eigenvalue weighted by Gasteiger charge is 2.11. The number of anilines is 1. The second kappa shape index (κ2) is 6.96. The zero-order valence-corrected chi connectivity index (χ0v) is 10.8. The van der Waals surface area contributed by atoms with Crippen molar-refractivity contribution >= 4 is 11.7 Å². The number of ether oxygens (including phenoxy) is 2. The molecule has 0 aromatic heterocycles. The number of carbonyl (C=O) groups is 1. The lowest BCUT2D eigenvalue weighted by molar-refractivity contribution is 0.0600. The van der Waals surface area contributed by atoms with Crippen LogP contribution in [0.25, 0.3) is 0 Å². The molecule has 1 N–H and O–H groups in total. The van der Waals surface area contributed by atoms with Crippen LogP contribution in [0.2, 0.25) is 0 Å². The first-order valence-electron chi connectivity index (χ1n) is 5.80. The largest absolute Gasteiger partial charge is 0.465 e. The SMILES string of the molecule is CCOCC(C)Nc1cc(C(=O)OC)ccc1F. The summed E-state index contributed by atoms with van der Waals surface area (Å²) in [7, 11) is 1.29. The number of halogens is 1. The molecule has 4 nitrogen and oxygen atoms in total. The van der Waals surface area contributed by atoms with E-state index in [4.69, 9.17) is 4.74 Å². The Morgan fingerprint density at radius 2 is 2.22 bits per heavy atom. The molecule has 1 atom stereocenters. The lowest BCUT2D eigenvalue weighted by Gasteiger charge is -2.16. The number of methoxy groups -OCH3 is 1. The van der Waals surface area contributed by atoms with Crippen molar-refractivity contribution in [3.8, 4) is 0 Å². The van der Waals surface area contributed by atoms with Crippen LogP contribution in [0.4, 0.5) is 10.1 Å². The molecule has 0 bridgehead atoms. The van der Waals surface area contributed by atoms with Crippen molar-refractivity contribution < 1.29 is 18.7 Å². The Hall–Kier alpha value is -1.62. The van der Waals surface area contributed by atoms with E-state index in [0.717, 1.165) is 0 Å². The highest BCUT2D eigenvalue weighted by atomic mass is 19.1. The first-order valence-corrected chi connectivity index (χ1v) is 5.80. The van der Waals surface area contributed by atoms with Crippen LogP contribution in [0.15, 0.2) is 18.2 Å². The molecule has 0 aliphatic heterocycles. The van der Waals surface area contributed by atoms with Gasteiger partial charge in [-0.25, -0.2) is 9.18 Å². The smallest absolute Gasteiger partial charge is 0.337 e. The normalized spacial score (nSPS) is 12.0. The van der Waals surface area contributed by atoms with Gasteiger partial charge in [0.1, 0.15) is 5.82 Å². The fraction of sp³-hybridized carbons (Fsp3) is 0.462. The molecule has 0 heterocycles. The quantitative estimate of drug-likeness (QED) is 0.793. The van der Waals surface area contributed by atoms with Crippen LogP contribution in [0.3, 0.4) is 0 Å². The maximum atomic E-state index is 13.6. The lowest BCUT2D eigenvalue weighted by Crippen LogP contribution is -2.22. The van der Waals surface area contributed by atoms with E-state index >= 15 is 0 Å². The van der Waals surface area contributed by atoms with Crippen LogP contribution in [0, 0.1) is 5.82 Å². The van der Waals surface area contributed by atoms with Crippen molar-refractivity contribution in [3.05, 3.63) is 29.6 Å². The minimum atomic E-state index is -0.490. The van der Waals surface area contributed by atoms with Crippen LogP contribution in [0.1, 0.15) is 24.2 Å². The number of carbonyl (C=O) groups excluding carboxylic acids is 1. The van der Waals surface area contributed by atoms with Gasteiger partial charge in [0.2, 0.25) is 0 Å². The molecule has 0 spiro atoms. The van der Waals surface area contributed by atoms with Gasteiger partial charge in [0.05, 0.1) is 25.0 Å². The molecule has 5 heteroatoms. The van der Waals surface area contributed by atoms with Gasteiger partial charge in [-0.3, -0.25) is 0 Å². The third-order valence-corrected chi connectivity index (χ3v) is 2.36. The first-order chi connectivity index (χ1) is 8.58. The van der Waals surface area contributed by atoms with E-state index in [0.29, 0.717) is 18.8 Å². The van der Waals surface area contributed by atoms with Crippen LogP contribution >= 0.6 is 0 Å². The van der Waals surface area contributed by atoms with Crippen molar-refractivity contribution in [2.24, 2.45) is 0 Å². The summed E-state index contributed by atoms with van der Waals surface area (Å²) in [4.78, 5) is 11.3. The van der Waals surface area contributed by atoms with E-state index in [9.17, 15) is 9.18 Å². The molecule has 0 aliphatic rings. The molecule has 100 valence electrons. The Kier molecular flexibility index (Phi) is 5.58. The molecule has 1 aromatic carbocycles. The third-order valence-electron chi connectivity index (χ3n) is 2.36. The Morgan fingerprint density at radius 1 is 1.50 bits per heavy atom. The average Bonchev–Trinajstić information content (AvgIpc) is 2.38. The van der Waals surface area contributed by atoms with Crippen molar-refractivity contribution in [1.82, 2.24) is 0 Å². The van der Waals surface area contributed by atoms with E-state index in [2.05, 4.69) is 10.1 Å². The predicted octanol–water partition coefficient (Wildman–Crippen LogP) is 2.45. The Labute approximate surface area is 106 Å². The van der Waals surface area contributed by atoms with Crippen molar-refractivity contribution in [1.29, 1.82) is 0 Å². The second-order valence-electron chi connectivity index (χ2n) is 3.89. The van der Waals surface area contributed by atoms with Gasteiger partial charge in [0, 0.05) is 12.6 Å². The van der Waals surface area contributed by atoms with E-state index < -0.39 is 11.8 Å². The molecule has 18 heavy (non-hydrogen) atoms. The summed E-state index contributed by atoms with van der Waals surface area (Å²) in [5.74, 6) is -0.901. The van der Waals surface area contributed by atoms with Gasteiger partial charge in [-0.1, -0.05) is 0 Å². The number of rotatable bonds is 6. The molecular weight excluding hydrogens is 237 g/mol. The highest BCUT2D eigenvalue weighted by molar-refractivity contribution is 5.90. The maximum Gasteiger partial charge on any atom is 0.337 e. The van der Waals surface area contributed by atoms with Gasteiger partial charge >= 0.3 is 5.97 Å². The van der Waals surface area contributed by atoms with Crippen LogP contribution in [-0.4, -0.2) is 32.3 Å². The summed E-state index contributed by atoms with van der Waals surface area (Å²) in [6, 6.07) is 4.01. The molecule has 0 aliphatic carbocycles. The molecule has 0 saturated carbocycles. The van der Waals surface area contributed by atoms with Gasteiger partial charge in [0.15, 0.2) is 0 Å². The zero-order chi connectivity index (χ0) is 13.5. The van der Waals surface area contributed by atoms with Gasteiger partial charge in [-0.15, -0.1) is 0 Å². The fourth-order valence-electron chi connectivity index (χ4n) is 1.48. The summed E-state index contributed by atoms with van der Waals surface area (Å²) in [5, 5.41) is 2.96. The van der Waals surface area contributed by atoms with Gasteiger partial charge in [-0.05, 0) is 32.0 Å². The van der Waals surface area contributed by atoms with Crippen molar-refractivity contribution in [3.63, 3.8) is 0 Å².